The van der Waals surface area contributed by atoms with Gasteiger partial charge in [-0.3, -0.25) is 20.2 Å². The number of nitrogens with two attached hydrogens (primary N) is 1. The molecule has 15 heavy (non-hydrogen) atoms. The molecule has 1 aromatic rings. The van der Waals surface area contributed by atoms with E-state index >= 15 is 0 Å². The Kier molecular flexibility index (Phi) is 2.56. The average Bonchev–Trinajstić information content (AvgIpc) is 2.13. The van der Waals surface area contributed by atoms with Gasteiger partial charge >= 0.3 is 0 Å². The molecule has 0 unspecified atom stereocenters. The second-order valence-electron chi connectivity index (χ2n) is 3.09. The Balaban J connectivity index is 3.59. The van der Waals surface area contributed by atoms with Gasteiger partial charge in [-0.1, -0.05) is 0 Å². The van der Waals surface area contributed by atoms with Crippen LogP contribution in [0.2, 0.25) is 0 Å². The molecule has 0 saturated carbocycles. The minimum absolute atomic E-state index is 0.0934. The molecule has 0 bridgehead atoms. The minimum Gasteiger partial charge on any atom is -0.398 e. The summed E-state index contributed by atoms with van der Waals surface area (Å²) in [5.74, 6) is 0. The standard InChI is InChI=1S/C8H9N3O4/c1-4-6(10(12)13)3-7(11(14)15)5(2)8(4)9/h3H,9H2,1-2H3. The maximum Gasteiger partial charge on any atom is 0.281 e. The maximum atomic E-state index is 10.6. The zero-order valence-electron chi connectivity index (χ0n) is 8.18. The van der Waals surface area contributed by atoms with Gasteiger partial charge in [-0.2, -0.15) is 0 Å². The van der Waals surface area contributed by atoms with Crippen molar-refractivity contribution in [3.05, 3.63) is 37.4 Å². The van der Waals surface area contributed by atoms with Gasteiger partial charge < -0.3 is 5.73 Å². The second kappa shape index (κ2) is 3.52. The lowest BCUT2D eigenvalue weighted by Crippen LogP contribution is -2.03. The molecule has 7 nitrogen and oxygen atoms in total. The number of nitro benzene ring substituents is 2. The number of benzene rings is 1. The zero-order chi connectivity index (χ0) is 11.7. The van der Waals surface area contributed by atoms with Crippen LogP contribution in [0.1, 0.15) is 11.1 Å². The maximum absolute atomic E-state index is 10.6. The molecule has 1 rings (SSSR count). The van der Waals surface area contributed by atoms with Gasteiger partial charge in [0.05, 0.1) is 32.7 Å². The van der Waals surface area contributed by atoms with E-state index in [4.69, 9.17) is 5.73 Å². The third kappa shape index (κ3) is 1.71. The molecule has 0 spiro atoms. The lowest BCUT2D eigenvalue weighted by Gasteiger charge is -2.05. The number of hydrogen-bond acceptors (Lipinski definition) is 5. The molecule has 0 aliphatic rings. The summed E-state index contributed by atoms with van der Waals surface area (Å²) in [5.41, 5.74) is 5.49. The van der Waals surface area contributed by atoms with Crippen LogP contribution >= 0.6 is 0 Å². The predicted octanol–water partition coefficient (Wildman–Crippen LogP) is 1.70. The minimum atomic E-state index is -0.682. The van der Waals surface area contributed by atoms with Crippen molar-refractivity contribution in [2.24, 2.45) is 0 Å². The molecular formula is C8H9N3O4. The van der Waals surface area contributed by atoms with Crippen LogP contribution in [0.4, 0.5) is 17.1 Å². The summed E-state index contributed by atoms with van der Waals surface area (Å²) < 4.78 is 0. The van der Waals surface area contributed by atoms with Crippen molar-refractivity contribution in [2.45, 2.75) is 13.8 Å². The van der Waals surface area contributed by atoms with Crippen molar-refractivity contribution < 1.29 is 9.85 Å². The van der Waals surface area contributed by atoms with Gasteiger partial charge in [-0.15, -0.1) is 0 Å². The van der Waals surface area contributed by atoms with E-state index in [9.17, 15) is 20.2 Å². The van der Waals surface area contributed by atoms with E-state index in [0.29, 0.717) is 0 Å². The molecule has 0 aliphatic heterocycles. The lowest BCUT2D eigenvalue weighted by atomic mass is 10.1. The van der Waals surface area contributed by atoms with Gasteiger partial charge in [0.25, 0.3) is 11.4 Å². The molecule has 0 atom stereocenters. The fourth-order valence-corrected chi connectivity index (χ4v) is 1.28. The number of nitrogen functional groups attached to an aromatic ring is 1. The molecule has 0 radical (unpaired) electrons. The van der Waals surface area contributed by atoms with Crippen LogP contribution < -0.4 is 5.73 Å². The second-order valence-corrected chi connectivity index (χ2v) is 3.09. The van der Waals surface area contributed by atoms with Crippen LogP contribution in [0.3, 0.4) is 0 Å². The Hall–Kier alpha value is -2.18. The van der Waals surface area contributed by atoms with Crippen LogP contribution in [0.15, 0.2) is 6.07 Å². The predicted molar refractivity (Wildman–Crippen MR) is 53.6 cm³/mol. The van der Waals surface area contributed by atoms with Crippen molar-refractivity contribution in [3.8, 4) is 0 Å². The average molecular weight is 211 g/mol. The third-order valence-electron chi connectivity index (χ3n) is 2.24. The van der Waals surface area contributed by atoms with E-state index in [1.807, 2.05) is 0 Å². The highest BCUT2D eigenvalue weighted by atomic mass is 16.6. The highest BCUT2D eigenvalue weighted by Crippen LogP contribution is 2.33. The Bertz CT molecular complexity index is 417. The Morgan fingerprint density at radius 1 is 1.07 bits per heavy atom. The van der Waals surface area contributed by atoms with E-state index in [2.05, 4.69) is 0 Å². The molecule has 0 aromatic heterocycles. The smallest absolute Gasteiger partial charge is 0.281 e. The highest BCUT2D eigenvalue weighted by molar-refractivity contribution is 5.69. The number of nitro groups is 2. The Morgan fingerprint density at radius 2 is 1.40 bits per heavy atom. The van der Waals surface area contributed by atoms with Gasteiger partial charge in [0, 0.05) is 0 Å². The van der Waals surface area contributed by atoms with Crippen molar-refractivity contribution in [3.63, 3.8) is 0 Å². The van der Waals surface area contributed by atoms with Crippen LogP contribution in [0, 0.1) is 34.1 Å². The summed E-state index contributed by atoms with van der Waals surface area (Å²) in [6.07, 6.45) is 0. The molecule has 0 saturated heterocycles. The van der Waals surface area contributed by atoms with E-state index < -0.39 is 9.85 Å². The summed E-state index contributed by atoms with van der Waals surface area (Å²) in [5, 5.41) is 21.2. The largest absolute Gasteiger partial charge is 0.398 e. The molecule has 0 heterocycles. The molecule has 0 aliphatic carbocycles. The SMILES string of the molecule is Cc1c([N+](=O)[O-])cc([N+](=O)[O-])c(C)c1N. The van der Waals surface area contributed by atoms with Crippen LogP contribution in [0.5, 0.6) is 0 Å². The van der Waals surface area contributed by atoms with Gasteiger partial charge in [-0.25, -0.2) is 0 Å². The van der Waals surface area contributed by atoms with Crippen molar-refractivity contribution in [1.82, 2.24) is 0 Å². The third-order valence-corrected chi connectivity index (χ3v) is 2.24. The monoisotopic (exact) mass is 211 g/mol. The summed E-state index contributed by atoms with van der Waals surface area (Å²) in [7, 11) is 0. The summed E-state index contributed by atoms with van der Waals surface area (Å²) in [6, 6.07) is 0.932. The summed E-state index contributed by atoms with van der Waals surface area (Å²) in [6.45, 7) is 2.92. The number of rotatable bonds is 2. The van der Waals surface area contributed by atoms with Gasteiger partial charge in [-0.05, 0) is 13.8 Å². The zero-order valence-corrected chi connectivity index (χ0v) is 8.18. The van der Waals surface area contributed by atoms with Crippen LogP contribution in [-0.2, 0) is 0 Å². The number of anilines is 1. The highest BCUT2D eigenvalue weighted by Gasteiger charge is 2.23. The van der Waals surface area contributed by atoms with E-state index in [0.717, 1.165) is 6.07 Å². The van der Waals surface area contributed by atoms with Crippen molar-refractivity contribution in [1.29, 1.82) is 0 Å². The number of hydrogen-bond donors (Lipinski definition) is 1. The molecule has 0 amide bonds. The van der Waals surface area contributed by atoms with Crippen LogP contribution in [0.25, 0.3) is 0 Å². The molecule has 2 N–H and O–H groups in total. The lowest BCUT2D eigenvalue weighted by molar-refractivity contribution is -0.394. The normalized spacial score (nSPS) is 10.0. The quantitative estimate of drug-likeness (QED) is 0.454. The first-order valence-electron chi connectivity index (χ1n) is 4.04. The van der Waals surface area contributed by atoms with Gasteiger partial charge in [0.2, 0.25) is 0 Å². The number of nitrogens with zero attached hydrogens (tertiary/aromatic N) is 2. The van der Waals surface area contributed by atoms with E-state index in [1.54, 1.807) is 0 Å². The first-order chi connectivity index (χ1) is 6.86. The fraction of sp³-hybridized carbons (Fsp3) is 0.250. The Morgan fingerprint density at radius 3 is 1.67 bits per heavy atom. The van der Waals surface area contributed by atoms with E-state index in [-0.39, 0.29) is 28.2 Å². The Labute approximate surface area is 84.8 Å². The van der Waals surface area contributed by atoms with Crippen molar-refractivity contribution >= 4 is 17.1 Å². The molecule has 1 aromatic carbocycles. The molecule has 80 valence electrons. The summed E-state index contributed by atoms with van der Waals surface area (Å²) in [4.78, 5) is 19.8. The first kappa shape index (κ1) is 10.9. The summed E-state index contributed by atoms with van der Waals surface area (Å²) >= 11 is 0. The molecular weight excluding hydrogens is 202 g/mol. The molecule has 0 fully saturated rings. The topological polar surface area (TPSA) is 112 Å². The van der Waals surface area contributed by atoms with Crippen LogP contribution in [-0.4, -0.2) is 9.85 Å². The van der Waals surface area contributed by atoms with Gasteiger partial charge in [0.1, 0.15) is 0 Å². The van der Waals surface area contributed by atoms with Crippen molar-refractivity contribution in [2.75, 3.05) is 5.73 Å². The van der Waals surface area contributed by atoms with Gasteiger partial charge in [0.15, 0.2) is 0 Å². The first-order valence-corrected chi connectivity index (χ1v) is 4.04. The van der Waals surface area contributed by atoms with E-state index in [1.165, 1.54) is 13.8 Å². The molecule has 7 heteroatoms. The fourth-order valence-electron chi connectivity index (χ4n) is 1.28.